The third kappa shape index (κ3) is 4.10. The first-order chi connectivity index (χ1) is 8.51. The number of aryl methyl sites for hydroxylation is 1. The van der Waals surface area contributed by atoms with Crippen LogP contribution in [0.4, 0.5) is 0 Å². The van der Waals surface area contributed by atoms with Gasteiger partial charge in [-0.15, -0.1) is 11.6 Å². The number of nitrogens with one attached hydrogen (secondary N) is 1. The predicted molar refractivity (Wildman–Crippen MR) is 72.3 cm³/mol. The van der Waals surface area contributed by atoms with Gasteiger partial charge in [-0.05, 0) is 19.1 Å². The van der Waals surface area contributed by atoms with E-state index in [2.05, 4.69) is 0 Å². The highest BCUT2D eigenvalue weighted by molar-refractivity contribution is 7.67. The lowest BCUT2D eigenvalue weighted by molar-refractivity contribution is -0.118. The number of nitrogens with two attached hydrogens (primary N) is 1. The summed E-state index contributed by atoms with van der Waals surface area (Å²) < 4.78 is 17.9. The number of carbonyl (C=O) groups excluding carboxylic acids is 1. The zero-order chi connectivity index (χ0) is 13.6. The summed E-state index contributed by atoms with van der Waals surface area (Å²) in [4.78, 5) is 11.3. The van der Waals surface area contributed by atoms with Gasteiger partial charge in [0, 0.05) is 11.2 Å². The molecule has 0 aliphatic carbocycles. The topological polar surface area (TPSA) is 81.4 Å². The van der Waals surface area contributed by atoms with Crippen molar-refractivity contribution in [3.8, 4) is 0 Å². The molecule has 1 atom stereocenters. The fraction of sp³-hybridized carbons (Fsp3) is 0.364. The zero-order valence-corrected chi connectivity index (χ0v) is 11.7. The summed E-state index contributed by atoms with van der Waals surface area (Å²) in [5.74, 6) is 4.68. The van der Waals surface area contributed by atoms with E-state index in [0.717, 1.165) is 5.56 Å². The maximum atomic E-state index is 12.7. The number of carbonyl (C=O) groups is 1. The Bertz CT molecular complexity index is 450. The van der Waals surface area contributed by atoms with Gasteiger partial charge in [0.05, 0.1) is 6.61 Å². The second kappa shape index (κ2) is 6.90. The molecule has 0 fully saturated rings. The van der Waals surface area contributed by atoms with E-state index in [1.165, 1.54) is 0 Å². The van der Waals surface area contributed by atoms with Crippen molar-refractivity contribution in [3.05, 3.63) is 29.8 Å². The zero-order valence-electron chi connectivity index (χ0n) is 10.1. The molecule has 0 aliphatic heterocycles. The van der Waals surface area contributed by atoms with E-state index in [-0.39, 0.29) is 18.6 Å². The van der Waals surface area contributed by atoms with Crippen LogP contribution in [0.2, 0.25) is 0 Å². The molecular formula is C11H16ClN2O3P. The van der Waals surface area contributed by atoms with Gasteiger partial charge in [-0.25, -0.2) is 5.84 Å². The summed E-state index contributed by atoms with van der Waals surface area (Å²) in [6, 6.07) is 7.00. The van der Waals surface area contributed by atoms with Gasteiger partial charge in [-0.1, -0.05) is 17.7 Å². The molecule has 1 amide bonds. The van der Waals surface area contributed by atoms with E-state index < -0.39 is 13.3 Å². The first-order valence-corrected chi connectivity index (χ1v) is 7.72. The lowest BCUT2D eigenvalue weighted by Crippen LogP contribution is -2.34. The summed E-state index contributed by atoms with van der Waals surface area (Å²) in [7, 11) is -3.26. The maximum absolute atomic E-state index is 12.7. The summed E-state index contributed by atoms with van der Waals surface area (Å²) in [5, 5.41) is 0.488. The smallest absolute Gasteiger partial charge is 0.243 e. The minimum absolute atomic E-state index is 0.116. The Kier molecular flexibility index (Phi) is 5.82. The number of hydrogen-bond acceptors (Lipinski definition) is 4. The molecule has 0 spiro atoms. The normalized spacial score (nSPS) is 13.9. The Morgan fingerprint density at radius 1 is 1.44 bits per heavy atom. The molecular weight excluding hydrogens is 275 g/mol. The van der Waals surface area contributed by atoms with Gasteiger partial charge < -0.3 is 4.52 Å². The molecule has 0 aromatic heterocycles. The monoisotopic (exact) mass is 290 g/mol. The van der Waals surface area contributed by atoms with Gasteiger partial charge in [0.25, 0.3) is 0 Å². The Labute approximate surface area is 111 Å². The molecule has 7 heteroatoms. The standard InChI is InChI=1S/C11H16ClN2O3P/c1-9-2-4-10(5-3-9)18(16,17-7-6-12)8-11(15)14-13/h2-5H,6-8,13H2,1H3,(H,14,15). The van der Waals surface area contributed by atoms with Gasteiger partial charge in [-0.3, -0.25) is 14.8 Å². The van der Waals surface area contributed by atoms with Crippen molar-refractivity contribution < 1.29 is 13.9 Å². The van der Waals surface area contributed by atoms with Crippen molar-refractivity contribution in [1.82, 2.24) is 5.43 Å². The summed E-state index contributed by atoms with van der Waals surface area (Å²) in [6.45, 7) is 2.03. The molecule has 0 aliphatic rings. The van der Waals surface area contributed by atoms with Gasteiger partial charge in [0.1, 0.15) is 6.16 Å². The first-order valence-electron chi connectivity index (χ1n) is 5.38. The van der Waals surface area contributed by atoms with Crippen LogP contribution >= 0.6 is 19.0 Å². The SMILES string of the molecule is Cc1ccc(P(=O)(CC(=O)NN)OCCCl)cc1. The van der Waals surface area contributed by atoms with Crippen molar-refractivity contribution in [2.75, 3.05) is 18.6 Å². The van der Waals surface area contributed by atoms with Crippen molar-refractivity contribution in [2.24, 2.45) is 5.84 Å². The third-order valence-electron chi connectivity index (χ3n) is 2.32. The second-order valence-corrected chi connectivity index (χ2v) is 6.57. The van der Waals surface area contributed by atoms with Crippen LogP contribution in [-0.2, 0) is 13.9 Å². The molecule has 3 N–H and O–H groups in total. The fourth-order valence-electron chi connectivity index (χ4n) is 1.40. The van der Waals surface area contributed by atoms with Gasteiger partial charge in [0.2, 0.25) is 13.3 Å². The Morgan fingerprint density at radius 2 is 2.06 bits per heavy atom. The van der Waals surface area contributed by atoms with Crippen LogP contribution in [0.3, 0.4) is 0 Å². The minimum Gasteiger partial charge on any atom is -0.324 e. The highest BCUT2D eigenvalue weighted by atomic mass is 35.5. The molecule has 0 bridgehead atoms. The predicted octanol–water partition coefficient (Wildman–Crippen LogP) is 1.14. The van der Waals surface area contributed by atoms with E-state index >= 15 is 0 Å². The van der Waals surface area contributed by atoms with Crippen LogP contribution in [0.15, 0.2) is 24.3 Å². The first kappa shape index (κ1) is 15.2. The van der Waals surface area contributed by atoms with Crippen molar-refractivity contribution >= 4 is 30.2 Å². The van der Waals surface area contributed by atoms with E-state index in [1.807, 2.05) is 24.5 Å². The average molecular weight is 291 g/mol. The molecule has 1 rings (SSSR count). The Balaban J connectivity index is 2.99. The van der Waals surface area contributed by atoms with Crippen LogP contribution in [0.5, 0.6) is 0 Å². The van der Waals surface area contributed by atoms with Crippen molar-refractivity contribution in [1.29, 1.82) is 0 Å². The largest absolute Gasteiger partial charge is 0.324 e. The summed E-state index contributed by atoms with van der Waals surface area (Å²) in [5.41, 5.74) is 2.99. The number of hydrogen-bond donors (Lipinski definition) is 2. The number of alkyl halides is 1. The molecule has 0 saturated carbocycles. The van der Waals surface area contributed by atoms with Crippen molar-refractivity contribution in [2.45, 2.75) is 6.92 Å². The minimum atomic E-state index is -3.26. The number of hydrazine groups is 1. The van der Waals surface area contributed by atoms with E-state index in [1.54, 1.807) is 12.1 Å². The van der Waals surface area contributed by atoms with Crippen molar-refractivity contribution in [3.63, 3.8) is 0 Å². The number of halogens is 1. The number of rotatable bonds is 6. The number of benzene rings is 1. The van der Waals surface area contributed by atoms with Gasteiger partial charge >= 0.3 is 0 Å². The number of amides is 1. The fourth-order valence-corrected chi connectivity index (χ4v) is 3.47. The molecule has 0 radical (unpaired) electrons. The summed E-state index contributed by atoms with van der Waals surface area (Å²) in [6.07, 6.45) is -0.288. The highest BCUT2D eigenvalue weighted by Gasteiger charge is 2.28. The van der Waals surface area contributed by atoms with Gasteiger partial charge in [-0.2, -0.15) is 0 Å². The second-order valence-electron chi connectivity index (χ2n) is 3.76. The van der Waals surface area contributed by atoms with Crippen LogP contribution in [-0.4, -0.2) is 24.6 Å². The Hall–Kier alpha value is -0.870. The Morgan fingerprint density at radius 3 is 2.56 bits per heavy atom. The quantitative estimate of drug-likeness (QED) is 0.271. The van der Waals surface area contributed by atoms with E-state index in [4.69, 9.17) is 22.0 Å². The van der Waals surface area contributed by atoms with E-state index in [9.17, 15) is 9.36 Å². The van der Waals surface area contributed by atoms with Crippen LogP contribution in [0, 0.1) is 6.92 Å². The van der Waals surface area contributed by atoms with Crippen LogP contribution in [0.25, 0.3) is 0 Å². The molecule has 0 saturated heterocycles. The molecule has 18 heavy (non-hydrogen) atoms. The van der Waals surface area contributed by atoms with E-state index in [0.29, 0.717) is 5.30 Å². The van der Waals surface area contributed by atoms with Crippen LogP contribution < -0.4 is 16.6 Å². The molecule has 5 nitrogen and oxygen atoms in total. The lowest BCUT2D eigenvalue weighted by atomic mass is 10.2. The lowest BCUT2D eigenvalue weighted by Gasteiger charge is -2.17. The molecule has 100 valence electrons. The summed E-state index contributed by atoms with van der Waals surface area (Å²) >= 11 is 5.52. The van der Waals surface area contributed by atoms with Crippen LogP contribution in [0.1, 0.15) is 5.56 Å². The third-order valence-corrected chi connectivity index (χ3v) is 4.86. The van der Waals surface area contributed by atoms with Gasteiger partial charge in [0.15, 0.2) is 0 Å². The average Bonchev–Trinajstić information content (AvgIpc) is 2.37. The molecule has 1 unspecified atom stereocenters. The molecule has 1 aromatic rings. The molecule has 0 heterocycles. The highest BCUT2D eigenvalue weighted by Crippen LogP contribution is 2.45. The molecule has 1 aromatic carbocycles. The maximum Gasteiger partial charge on any atom is 0.243 e.